The second-order valence-corrected chi connectivity index (χ2v) is 5.65. The second kappa shape index (κ2) is 6.31. The Morgan fingerprint density at radius 3 is 2.79 bits per heavy atom. The first-order chi connectivity index (χ1) is 11.5. The fourth-order valence-corrected chi connectivity index (χ4v) is 2.69. The van der Waals surface area contributed by atoms with E-state index < -0.39 is 17.5 Å². The second-order valence-electron chi connectivity index (χ2n) is 5.65. The monoisotopic (exact) mass is 330 g/mol. The van der Waals surface area contributed by atoms with Gasteiger partial charge in [-0.15, -0.1) is 0 Å². The van der Waals surface area contributed by atoms with E-state index in [9.17, 15) is 18.7 Å². The van der Waals surface area contributed by atoms with E-state index in [1.807, 2.05) is 6.92 Å². The van der Waals surface area contributed by atoms with E-state index in [1.165, 1.54) is 12.1 Å². The molecule has 1 amide bonds. The van der Waals surface area contributed by atoms with Crippen LogP contribution in [0.25, 0.3) is 10.9 Å². The Hall–Kier alpha value is -2.89. The maximum Gasteiger partial charge on any atom is 0.255 e. The number of carbonyl (C=O) groups excluding carboxylic acids is 1. The number of aromatic nitrogens is 1. The van der Waals surface area contributed by atoms with Gasteiger partial charge in [0.25, 0.3) is 5.91 Å². The zero-order valence-corrected chi connectivity index (χ0v) is 13.0. The molecule has 1 aromatic heterocycles. The van der Waals surface area contributed by atoms with Crippen LogP contribution in [0.3, 0.4) is 0 Å². The Bertz CT molecular complexity index is 919. The lowest BCUT2D eigenvalue weighted by molar-refractivity contribution is 0.0951. The van der Waals surface area contributed by atoms with Crippen LogP contribution >= 0.6 is 0 Å². The van der Waals surface area contributed by atoms with Gasteiger partial charge in [-0.3, -0.25) is 4.79 Å². The standard InChI is InChI=1S/C18H16F2N2O2/c1-10-2-3-13(16(23)6-10)18(24)21-5-4-11-9-22-15-8-12(19)7-14(20)17(11)15/h2-3,6-9,22-23H,4-5H2,1H3,(H,21,24). The Kier molecular flexibility index (Phi) is 4.20. The lowest BCUT2D eigenvalue weighted by Gasteiger charge is -2.07. The van der Waals surface area contributed by atoms with E-state index in [1.54, 1.807) is 18.3 Å². The molecule has 2 aromatic carbocycles. The van der Waals surface area contributed by atoms with Crippen LogP contribution in [-0.4, -0.2) is 22.5 Å². The molecule has 24 heavy (non-hydrogen) atoms. The van der Waals surface area contributed by atoms with Gasteiger partial charge in [-0.25, -0.2) is 8.78 Å². The average molecular weight is 330 g/mol. The third kappa shape index (κ3) is 3.08. The van der Waals surface area contributed by atoms with Gasteiger partial charge in [0.15, 0.2) is 0 Å². The Balaban J connectivity index is 1.69. The third-order valence-corrected chi connectivity index (χ3v) is 3.86. The van der Waals surface area contributed by atoms with E-state index in [0.717, 1.165) is 11.6 Å². The number of nitrogens with one attached hydrogen (secondary N) is 2. The highest BCUT2D eigenvalue weighted by atomic mass is 19.1. The average Bonchev–Trinajstić information content (AvgIpc) is 2.90. The number of halogens is 2. The predicted molar refractivity (Wildman–Crippen MR) is 87.1 cm³/mol. The number of aromatic hydroxyl groups is 1. The van der Waals surface area contributed by atoms with Crippen LogP contribution in [0.4, 0.5) is 8.78 Å². The molecule has 124 valence electrons. The van der Waals surface area contributed by atoms with Gasteiger partial charge in [-0.1, -0.05) is 6.07 Å². The van der Waals surface area contributed by atoms with Crippen LogP contribution in [0.2, 0.25) is 0 Å². The van der Waals surface area contributed by atoms with Gasteiger partial charge in [0, 0.05) is 24.2 Å². The van der Waals surface area contributed by atoms with Gasteiger partial charge in [0.2, 0.25) is 0 Å². The largest absolute Gasteiger partial charge is 0.507 e. The van der Waals surface area contributed by atoms with Crippen molar-refractivity contribution in [2.75, 3.05) is 6.54 Å². The number of H-pyrrole nitrogens is 1. The number of aryl methyl sites for hydroxylation is 1. The van der Waals surface area contributed by atoms with E-state index in [-0.39, 0.29) is 17.9 Å². The number of rotatable bonds is 4. The van der Waals surface area contributed by atoms with E-state index >= 15 is 0 Å². The Morgan fingerprint density at radius 2 is 2.04 bits per heavy atom. The zero-order valence-electron chi connectivity index (χ0n) is 13.0. The first-order valence-corrected chi connectivity index (χ1v) is 7.48. The first kappa shape index (κ1) is 16.0. The highest BCUT2D eigenvalue weighted by molar-refractivity contribution is 5.96. The van der Waals surface area contributed by atoms with Crippen molar-refractivity contribution in [3.05, 3.63) is 64.9 Å². The van der Waals surface area contributed by atoms with Crippen molar-refractivity contribution >= 4 is 16.8 Å². The van der Waals surface area contributed by atoms with E-state index in [0.29, 0.717) is 22.9 Å². The number of amides is 1. The lowest BCUT2D eigenvalue weighted by Crippen LogP contribution is -2.25. The van der Waals surface area contributed by atoms with E-state index in [4.69, 9.17) is 0 Å². The summed E-state index contributed by atoms with van der Waals surface area (Å²) in [6.07, 6.45) is 1.98. The molecular weight excluding hydrogens is 314 g/mol. The highest BCUT2D eigenvalue weighted by Gasteiger charge is 2.13. The molecule has 0 saturated carbocycles. The molecule has 0 radical (unpaired) electrons. The molecule has 3 rings (SSSR count). The molecule has 0 aliphatic heterocycles. The van der Waals surface area contributed by atoms with Crippen molar-refractivity contribution < 1.29 is 18.7 Å². The quantitative estimate of drug-likeness (QED) is 0.686. The third-order valence-electron chi connectivity index (χ3n) is 3.86. The summed E-state index contributed by atoms with van der Waals surface area (Å²) >= 11 is 0. The number of carbonyl (C=O) groups is 1. The Morgan fingerprint density at radius 1 is 1.25 bits per heavy atom. The summed E-state index contributed by atoms with van der Waals surface area (Å²) in [7, 11) is 0. The van der Waals surface area contributed by atoms with Crippen LogP contribution < -0.4 is 5.32 Å². The smallest absolute Gasteiger partial charge is 0.255 e. The minimum atomic E-state index is -0.642. The number of fused-ring (bicyclic) bond motifs is 1. The molecule has 0 bridgehead atoms. The normalized spacial score (nSPS) is 11.0. The van der Waals surface area contributed by atoms with Gasteiger partial charge in [-0.2, -0.15) is 0 Å². The summed E-state index contributed by atoms with van der Waals surface area (Å²) in [4.78, 5) is 14.9. The number of hydrogen-bond acceptors (Lipinski definition) is 2. The number of aromatic amines is 1. The molecule has 0 spiro atoms. The zero-order chi connectivity index (χ0) is 17.3. The predicted octanol–water partition coefficient (Wildman–Crippen LogP) is 3.43. The maximum absolute atomic E-state index is 13.9. The molecule has 0 fully saturated rings. The molecule has 0 aliphatic rings. The number of hydrogen-bond donors (Lipinski definition) is 3. The molecule has 4 nitrogen and oxygen atoms in total. The fraction of sp³-hybridized carbons (Fsp3) is 0.167. The summed E-state index contributed by atoms with van der Waals surface area (Å²) in [5.74, 6) is -1.76. The van der Waals surface area contributed by atoms with Crippen molar-refractivity contribution in [3.8, 4) is 5.75 Å². The molecule has 0 unspecified atom stereocenters. The maximum atomic E-state index is 13.9. The number of benzene rings is 2. The minimum absolute atomic E-state index is 0.0823. The Labute approximate surface area is 137 Å². The van der Waals surface area contributed by atoms with Crippen molar-refractivity contribution in [2.45, 2.75) is 13.3 Å². The topological polar surface area (TPSA) is 65.1 Å². The lowest BCUT2D eigenvalue weighted by atomic mass is 10.1. The van der Waals surface area contributed by atoms with Crippen molar-refractivity contribution in [2.24, 2.45) is 0 Å². The highest BCUT2D eigenvalue weighted by Crippen LogP contribution is 2.23. The molecule has 0 saturated heterocycles. The molecule has 0 aliphatic carbocycles. The van der Waals surface area contributed by atoms with Crippen LogP contribution in [0.5, 0.6) is 5.75 Å². The molecule has 3 N–H and O–H groups in total. The fourth-order valence-electron chi connectivity index (χ4n) is 2.69. The van der Waals surface area contributed by atoms with Crippen LogP contribution in [0, 0.1) is 18.6 Å². The SMILES string of the molecule is Cc1ccc(C(=O)NCCc2c[nH]c3cc(F)cc(F)c23)c(O)c1. The summed E-state index contributed by atoms with van der Waals surface area (Å²) in [6, 6.07) is 6.86. The molecule has 6 heteroatoms. The van der Waals surface area contributed by atoms with Crippen molar-refractivity contribution in [3.63, 3.8) is 0 Å². The summed E-state index contributed by atoms with van der Waals surface area (Å²) < 4.78 is 27.1. The van der Waals surface area contributed by atoms with Crippen LogP contribution in [-0.2, 0) is 6.42 Å². The van der Waals surface area contributed by atoms with Gasteiger partial charge in [0.1, 0.15) is 17.4 Å². The number of phenols is 1. The van der Waals surface area contributed by atoms with Crippen molar-refractivity contribution in [1.29, 1.82) is 0 Å². The summed E-state index contributed by atoms with van der Waals surface area (Å²) in [6.45, 7) is 2.08. The van der Waals surface area contributed by atoms with E-state index in [2.05, 4.69) is 10.3 Å². The van der Waals surface area contributed by atoms with Gasteiger partial charge >= 0.3 is 0 Å². The van der Waals surface area contributed by atoms with Gasteiger partial charge in [0.05, 0.1) is 11.1 Å². The number of phenolic OH excluding ortho intramolecular Hbond substituents is 1. The summed E-state index contributed by atoms with van der Waals surface area (Å²) in [5, 5.41) is 12.8. The van der Waals surface area contributed by atoms with Crippen LogP contribution in [0.15, 0.2) is 36.5 Å². The molecule has 3 aromatic rings. The summed E-state index contributed by atoms with van der Waals surface area (Å²) in [5.41, 5.74) is 2.07. The molecule has 1 heterocycles. The van der Waals surface area contributed by atoms with Gasteiger partial charge in [-0.05, 0) is 42.7 Å². The minimum Gasteiger partial charge on any atom is -0.507 e. The molecule has 0 atom stereocenters. The van der Waals surface area contributed by atoms with Crippen LogP contribution in [0.1, 0.15) is 21.5 Å². The first-order valence-electron chi connectivity index (χ1n) is 7.48. The van der Waals surface area contributed by atoms with Crippen molar-refractivity contribution in [1.82, 2.24) is 10.3 Å². The van der Waals surface area contributed by atoms with Gasteiger partial charge < -0.3 is 15.4 Å². The molecular formula is C18H16F2N2O2.